The third-order valence-electron chi connectivity index (χ3n) is 3.52. The summed E-state index contributed by atoms with van der Waals surface area (Å²) < 4.78 is 7.17. The van der Waals surface area contributed by atoms with Crippen LogP contribution < -0.4 is 16.1 Å². The van der Waals surface area contributed by atoms with Gasteiger partial charge in [-0.2, -0.15) is 0 Å². The third-order valence-corrected chi connectivity index (χ3v) is 3.52. The molecule has 0 aliphatic carbocycles. The van der Waals surface area contributed by atoms with Crippen LogP contribution >= 0.6 is 0 Å². The predicted molar refractivity (Wildman–Crippen MR) is 69.3 cm³/mol. The summed E-state index contributed by atoms with van der Waals surface area (Å²) in [6.07, 6.45) is 1.49. The van der Waals surface area contributed by atoms with E-state index < -0.39 is 11.7 Å². The summed E-state index contributed by atoms with van der Waals surface area (Å²) in [6, 6.07) is 0.950. The Morgan fingerprint density at radius 3 is 2.63 bits per heavy atom. The molecule has 1 atom stereocenters. The van der Waals surface area contributed by atoms with Gasteiger partial charge >= 0.3 is 11.7 Å². The molecule has 1 saturated heterocycles. The molecule has 0 spiro atoms. The SMILES string of the molecule is COC(=O)[C@@H]1CCCN1c1cc(=O)n(C)c(=O)n1C. The molecule has 1 aliphatic rings. The van der Waals surface area contributed by atoms with Gasteiger partial charge in [-0.15, -0.1) is 0 Å². The van der Waals surface area contributed by atoms with Gasteiger partial charge in [-0.05, 0) is 12.8 Å². The monoisotopic (exact) mass is 267 g/mol. The molecule has 1 fully saturated rings. The normalized spacial score (nSPS) is 18.7. The summed E-state index contributed by atoms with van der Waals surface area (Å²) in [5.74, 6) is 0.117. The fourth-order valence-electron chi connectivity index (χ4n) is 2.42. The van der Waals surface area contributed by atoms with Crippen molar-refractivity contribution in [1.29, 1.82) is 0 Å². The first-order chi connectivity index (χ1) is 8.97. The molecule has 1 aliphatic heterocycles. The van der Waals surface area contributed by atoms with Gasteiger partial charge in [0.1, 0.15) is 11.9 Å². The van der Waals surface area contributed by atoms with Crippen LogP contribution in [0.4, 0.5) is 5.82 Å². The lowest BCUT2D eigenvalue weighted by Gasteiger charge is -2.26. The van der Waals surface area contributed by atoms with Crippen molar-refractivity contribution in [2.24, 2.45) is 14.1 Å². The average Bonchev–Trinajstić information content (AvgIpc) is 2.88. The molecule has 0 saturated carbocycles. The second-order valence-corrected chi connectivity index (χ2v) is 4.62. The van der Waals surface area contributed by atoms with Gasteiger partial charge in [0.05, 0.1) is 7.11 Å². The van der Waals surface area contributed by atoms with Crippen LogP contribution in [0.1, 0.15) is 12.8 Å². The van der Waals surface area contributed by atoms with E-state index in [0.717, 1.165) is 11.0 Å². The zero-order chi connectivity index (χ0) is 14.2. The van der Waals surface area contributed by atoms with Crippen molar-refractivity contribution in [2.45, 2.75) is 18.9 Å². The van der Waals surface area contributed by atoms with Crippen molar-refractivity contribution in [3.63, 3.8) is 0 Å². The van der Waals surface area contributed by atoms with Crippen molar-refractivity contribution < 1.29 is 9.53 Å². The summed E-state index contributed by atoms with van der Waals surface area (Å²) in [6.45, 7) is 0.625. The number of anilines is 1. The quantitative estimate of drug-likeness (QED) is 0.658. The molecule has 1 aromatic heterocycles. The Morgan fingerprint density at radius 2 is 2.00 bits per heavy atom. The minimum Gasteiger partial charge on any atom is -0.467 e. The third kappa shape index (κ3) is 2.16. The van der Waals surface area contributed by atoms with Crippen molar-refractivity contribution >= 4 is 11.8 Å². The van der Waals surface area contributed by atoms with Crippen LogP contribution in [0.25, 0.3) is 0 Å². The van der Waals surface area contributed by atoms with Gasteiger partial charge in [-0.1, -0.05) is 0 Å². The summed E-state index contributed by atoms with van der Waals surface area (Å²) >= 11 is 0. The zero-order valence-corrected chi connectivity index (χ0v) is 11.3. The molecule has 1 aromatic rings. The van der Waals surface area contributed by atoms with Crippen molar-refractivity contribution in [3.8, 4) is 0 Å². The van der Waals surface area contributed by atoms with E-state index in [0.29, 0.717) is 18.8 Å². The lowest BCUT2D eigenvalue weighted by Crippen LogP contribution is -2.44. The highest BCUT2D eigenvalue weighted by atomic mass is 16.5. The molecule has 0 amide bonds. The minimum atomic E-state index is -0.428. The molecule has 0 N–H and O–H groups in total. The van der Waals surface area contributed by atoms with E-state index in [2.05, 4.69) is 0 Å². The first-order valence-electron chi connectivity index (χ1n) is 6.09. The maximum Gasteiger partial charge on any atom is 0.332 e. The standard InChI is InChI=1S/C12H17N3O4/c1-13-9(7-10(16)14(2)12(13)18)15-6-4-5-8(15)11(17)19-3/h7-8H,4-6H2,1-3H3/t8-/m0/s1. The maximum absolute atomic E-state index is 11.9. The van der Waals surface area contributed by atoms with Crippen LogP contribution in [0, 0.1) is 0 Å². The zero-order valence-electron chi connectivity index (χ0n) is 11.3. The average molecular weight is 267 g/mol. The molecular formula is C12H17N3O4. The molecule has 2 rings (SSSR count). The molecular weight excluding hydrogens is 250 g/mol. The Hall–Kier alpha value is -2.05. The van der Waals surface area contributed by atoms with E-state index in [4.69, 9.17) is 4.74 Å². The first kappa shape index (κ1) is 13.4. The van der Waals surface area contributed by atoms with Gasteiger partial charge in [0.25, 0.3) is 5.56 Å². The molecule has 0 aromatic carbocycles. The highest BCUT2D eigenvalue weighted by Crippen LogP contribution is 2.24. The molecule has 2 heterocycles. The van der Waals surface area contributed by atoms with Gasteiger partial charge in [0.2, 0.25) is 0 Å². The lowest BCUT2D eigenvalue weighted by molar-refractivity contribution is -0.141. The number of esters is 1. The molecule has 7 nitrogen and oxygen atoms in total. The fraction of sp³-hybridized carbons (Fsp3) is 0.583. The number of carbonyl (C=O) groups is 1. The van der Waals surface area contributed by atoms with Gasteiger partial charge in [-0.3, -0.25) is 13.9 Å². The Labute approximate surface area is 110 Å². The number of methoxy groups -OCH3 is 1. The van der Waals surface area contributed by atoms with E-state index >= 15 is 0 Å². The van der Waals surface area contributed by atoms with Crippen LogP contribution in [-0.2, 0) is 23.6 Å². The number of carbonyl (C=O) groups excluding carboxylic acids is 1. The number of nitrogens with zero attached hydrogens (tertiary/aromatic N) is 3. The van der Waals surface area contributed by atoms with E-state index in [1.54, 1.807) is 11.9 Å². The molecule has 0 unspecified atom stereocenters. The predicted octanol–water partition coefficient (Wildman–Crippen LogP) is -0.774. The second kappa shape index (κ2) is 4.91. The van der Waals surface area contributed by atoms with Gasteiger partial charge in [0, 0.05) is 26.7 Å². The molecule has 0 radical (unpaired) electrons. The van der Waals surface area contributed by atoms with E-state index in [-0.39, 0.29) is 11.5 Å². The van der Waals surface area contributed by atoms with Gasteiger partial charge < -0.3 is 9.64 Å². The maximum atomic E-state index is 11.9. The van der Waals surface area contributed by atoms with Gasteiger partial charge in [-0.25, -0.2) is 9.59 Å². The van der Waals surface area contributed by atoms with Crippen LogP contribution in [0.3, 0.4) is 0 Å². The van der Waals surface area contributed by atoms with Crippen LogP contribution in [0.15, 0.2) is 15.7 Å². The first-order valence-corrected chi connectivity index (χ1v) is 6.09. The smallest absolute Gasteiger partial charge is 0.332 e. The topological polar surface area (TPSA) is 73.5 Å². The number of hydrogen-bond donors (Lipinski definition) is 0. The van der Waals surface area contributed by atoms with Crippen LogP contribution in [-0.4, -0.2) is 34.8 Å². The van der Waals surface area contributed by atoms with Crippen molar-refractivity contribution in [2.75, 3.05) is 18.6 Å². The van der Waals surface area contributed by atoms with E-state index in [1.807, 2.05) is 0 Å². The van der Waals surface area contributed by atoms with Crippen molar-refractivity contribution in [3.05, 3.63) is 26.9 Å². The number of ether oxygens (including phenoxy) is 1. The summed E-state index contributed by atoms with van der Waals surface area (Å²) in [5.41, 5.74) is -0.786. The fourth-order valence-corrected chi connectivity index (χ4v) is 2.42. The van der Waals surface area contributed by atoms with Gasteiger partial charge in [0.15, 0.2) is 0 Å². The molecule has 7 heteroatoms. The Morgan fingerprint density at radius 1 is 1.32 bits per heavy atom. The second-order valence-electron chi connectivity index (χ2n) is 4.62. The Balaban J connectivity index is 2.50. The largest absolute Gasteiger partial charge is 0.467 e. The van der Waals surface area contributed by atoms with Crippen molar-refractivity contribution in [1.82, 2.24) is 9.13 Å². The highest BCUT2D eigenvalue weighted by Gasteiger charge is 2.33. The highest BCUT2D eigenvalue weighted by molar-refractivity contribution is 5.80. The Bertz CT molecular complexity index is 616. The minimum absolute atomic E-state index is 0.342. The molecule has 0 bridgehead atoms. The number of hydrogen-bond acceptors (Lipinski definition) is 5. The summed E-state index contributed by atoms with van der Waals surface area (Å²) in [4.78, 5) is 37.1. The Kier molecular flexibility index (Phi) is 3.46. The number of rotatable bonds is 2. The summed E-state index contributed by atoms with van der Waals surface area (Å²) in [7, 11) is 4.35. The lowest BCUT2D eigenvalue weighted by atomic mass is 10.2. The van der Waals surface area contributed by atoms with Crippen LogP contribution in [0.2, 0.25) is 0 Å². The number of aromatic nitrogens is 2. The molecule has 104 valence electrons. The van der Waals surface area contributed by atoms with E-state index in [1.165, 1.54) is 24.8 Å². The van der Waals surface area contributed by atoms with Crippen LogP contribution in [0.5, 0.6) is 0 Å². The van der Waals surface area contributed by atoms with E-state index in [9.17, 15) is 14.4 Å². The molecule has 19 heavy (non-hydrogen) atoms. The summed E-state index contributed by atoms with van der Waals surface area (Å²) in [5, 5.41) is 0.